The third-order valence-corrected chi connectivity index (χ3v) is 6.29. The van der Waals surface area contributed by atoms with Crippen LogP contribution in [0.25, 0.3) is 11.1 Å². The van der Waals surface area contributed by atoms with Crippen LogP contribution in [0.15, 0.2) is 52.9 Å². The Labute approximate surface area is 211 Å². The summed E-state index contributed by atoms with van der Waals surface area (Å²) in [5.74, 6) is -1.17. The molecule has 1 unspecified atom stereocenters. The van der Waals surface area contributed by atoms with Gasteiger partial charge in [-0.25, -0.2) is 4.98 Å². The van der Waals surface area contributed by atoms with Gasteiger partial charge in [0.2, 0.25) is 17.6 Å². The van der Waals surface area contributed by atoms with Crippen molar-refractivity contribution in [3.8, 4) is 0 Å². The molecule has 2 heterocycles. The van der Waals surface area contributed by atoms with Crippen LogP contribution in [0.4, 0.5) is 0 Å². The Kier molecular flexibility index (Phi) is 8.40. The van der Waals surface area contributed by atoms with E-state index in [1.807, 2.05) is 18.4 Å². The maximum Gasteiger partial charge on any atom is 0.266 e. The van der Waals surface area contributed by atoms with E-state index in [0.29, 0.717) is 29.2 Å². The highest BCUT2D eigenvalue weighted by Gasteiger charge is 2.40. The molecule has 1 aromatic heterocycles. The predicted molar refractivity (Wildman–Crippen MR) is 133 cm³/mol. The lowest BCUT2D eigenvalue weighted by atomic mass is 10.1. The number of nitrogens with one attached hydrogen (secondary N) is 2. The van der Waals surface area contributed by atoms with E-state index in [1.165, 1.54) is 16.8 Å². The number of carbonyl (C=O) groups excluding carboxylic acids is 3. The molecular formula is C24H25ClN4O5S. The number of rotatable bonds is 10. The van der Waals surface area contributed by atoms with Crippen molar-refractivity contribution >= 4 is 52.2 Å². The van der Waals surface area contributed by atoms with Gasteiger partial charge in [-0.2, -0.15) is 0 Å². The average Bonchev–Trinajstić information content (AvgIpc) is 3.50. The molecule has 0 spiro atoms. The van der Waals surface area contributed by atoms with Crippen LogP contribution in [0.5, 0.6) is 0 Å². The lowest BCUT2D eigenvalue weighted by molar-refractivity contribution is -0.137. The van der Waals surface area contributed by atoms with Crippen molar-refractivity contribution in [1.82, 2.24) is 19.9 Å². The van der Waals surface area contributed by atoms with Crippen molar-refractivity contribution < 1.29 is 23.5 Å². The van der Waals surface area contributed by atoms with Crippen LogP contribution in [-0.2, 0) is 20.9 Å². The molecule has 2 atom stereocenters. The fourth-order valence-electron chi connectivity index (χ4n) is 3.82. The molecule has 0 bridgehead atoms. The molecule has 3 aromatic rings. The third kappa shape index (κ3) is 6.40. The van der Waals surface area contributed by atoms with Crippen LogP contribution in [-0.4, -0.2) is 65.5 Å². The molecule has 0 saturated carbocycles. The monoisotopic (exact) mass is 516 g/mol. The van der Waals surface area contributed by atoms with Gasteiger partial charge in [0, 0.05) is 18.0 Å². The molecule has 1 fully saturated rings. The normalized spacial score (nSPS) is 17.6. The highest BCUT2D eigenvalue weighted by molar-refractivity contribution is 7.96. The van der Waals surface area contributed by atoms with E-state index in [9.17, 15) is 14.4 Å². The largest absolute Gasteiger partial charge is 0.434 e. The van der Waals surface area contributed by atoms with Crippen molar-refractivity contribution in [3.05, 3.63) is 65.0 Å². The first-order valence-corrected chi connectivity index (χ1v) is 12.6. The van der Waals surface area contributed by atoms with Gasteiger partial charge in [0.1, 0.15) is 11.6 Å². The molecule has 184 valence electrons. The Morgan fingerprint density at radius 3 is 2.69 bits per heavy atom. The summed E-state index contributed by atoms with van der Waals surface area (Å²) in [7, 11) is 0. The molecule has 1 aliphatic rings. The first-order chi connectivity index (χ1) is 16.9. The molecular weight excluding hydrogens is 492 g/mol. The maximum absolute atomic E-state index is 13.0. The van der Waals surface area contributed by atoms with Gasteiger partial charge in [0.05, 0.1) is 25.8 Å². The molecule has 1 saturated heterocycles. The minimum atomic E-state index is -0.752. The summed E-state index contributed by atoms with van der Waals surface area (Å²) in [6, 6.07) is 13.6. The standard InChI is InChI=1S/C24H25ClN4O5S/c1-35-27-12-22(31)29-13-17(33-14-15-6-8-16(25)9-7-15)10-19(29)23(32)26-11-20(30)24-28-18-4-2-3-5-21(18)34-24/h2-9,17,19,27H,10-14H2,1H3,(H,26,32)/t17-,19?/m1/s1. The highest BCUT2D eigenvalue weighted by atomic mass is 35.5. The molecule has 0 aliphatic carbocycles. The predicted octanol–water partition coefficient (Wildman–Crippen LogP) is 2.83. The van der Waals surface area contributed by atoms with Crippen molar-refractivity contribution in [1.29, 1.82) is 0 Å². The number of ketones is 1. The van der Waals surface area contributed by atoms with E-state index in [-0.39, 0.29) is 37.5 Å². The number of nitrogens with zero attached hydrogens (tertiary/aromatic N) is 2. The summed E-state index contributed by atoms with van der Waals surface area (Å²) >= 11 is 7.25. The third-order valence-electron chi connectivity index (χ3n) is 5.61. The number of hydrogen-bond donors (Lipinski definition) is 2. The summed E-state index contributed by atoms with van der Waals surface area (Å²) in [5, 5.41) is 3.27. The quantitative estimate of drug-likeness (QED) is 0.312. The molecule has 11 heteroatoms. The zero-order valence-electron chi connectivity index (χ0n) is 19.0. The molecule has 2 aromatic carbocycles. The van der Waals surface area contributed by atoms with Crippen LogP contribution in [0.2, 0.25) is 5.02 Å². The fraction of sp³-hybridized carbons (Fsp3) is 0.333. The lowest BCUT2D eigenvalue weighted by Crippen LogP contribution is -2.48. The van der Waals surface area contributed by atoms with Crippen LogP contribution < -0.4 is 10.0 Å². The number of fused-ring (bicyclic) bond motifs is 1. The number of ether oxygens (including phenoxy) is 1. The smallest absolute Gasteiger partial charge is 0.266 e. The van der Waals surface area contributed by atoms with Gasteiger partial charge in [-0.15, -0.1) is 0 Å². The number of Topliss-reactive ketones (excluding diaryl/α,β-unsaturated/α-hetero) is 1. The SMILES string of the molecule is CSNCC(=O)N1C[C@H](OCc2ccc(Cl)cc2)CC1C(=O)NCC(=O)c1nc2ccccc2o1. The minimum absolute atomic E-state index is 0.0702. The highest BCUT2D eigenvalue weighted by Crippen LogP contribution is 2.23. The summed E-state index contributed by atoms with van der Waals surface area (Å²) in [4.78, 5) is 43.9. The summed E-state index contributed by atoms with van der Waals surface area (Å²) < 4.78 is 14.4. The van der Waals surface area contributed by atoms with Crippen molar-refractivity contribution in [3.63, 3.8) is 0 Å². The number of hydrogen-bond acceptors (Lipinski definition) is 8. The molecule has 4 rings (SSSR count). The van der Waals surface area contributed by atoms with E-state index >= 15 is 0 Å². The van der Waals surface area contributed by atoms with Crippen LogP contribution in [0.3, 0.4) is 0 Å². The maximum atomic E-state index is 13.0. The lowest BCUT2D eigenvalue weighted by Gasteiger charge is -2.23. The Bertz CT molecular complexity index is 1170. The summed E-state index contributed by atoms with van der Waals surface area (Å²) in [6.07, 6.45) is 1.81. The second-order valence-electron chi connectivity index (χ2n) is 8.01. The first kappa shape index (κ1) is 25.2. The number of halogens is 1. The average molecular weight is 517 g/mol. The van der Waals surface area contributed by atoms with E-state index in [4.69, 9.17) is 20.8 Å². The van der Waals surface area contributed by atoms with Gasteiger partial charge in [0.25, 0.3) is 5.89 Å². The number of benzene rings is 2. The first-order valence-electron chi connectivity index (χ1n) is 11.0. The van der Waals surface area contributed by atoms with E-state index in [0.717, 1.165) is 5.56 Å². The second kappa shape index (κ2) is 11.7. The van der Waals surface area contributed by atoms with Crippen LogP contribution in [0.1, 0.15) is 22.7 Å². The Balaban J connectivity index is 1.37. The number of aromatic nitrogens is 1. The number of likely N-dealkylation sites (tertiary alicyclic amines) is 1. The fourth-order valence-corrected chi connectivity index (χ4v) is 4.22. The molecule has 35 heavy (non-hydrogen) atoms. The van der Waals surface area contributed by atoms with Gasteiger partial charge in [-0.1, -0.05) is 47.8 Å². The molecule has 9 nitrogen and oxygen atoms in total. The molecule has 1 aliphatic heterocycles. The molecule has 2 N–H and O–H groups in total. The Morgan fingerprint density at radius 1 is 1.17 bits per heavy atom. The van der Waals surface area contributed by atoms with Crippen LogP contribution in [0, 0.1) is 0 Å². The van der Waals surface area contributed by atoms with Gasteiger partial charge < -0.3 is 19.4 Å². The minimum Gasteiger partial charge on any atom is -0.434 e. The zero-order valence-corrected chi connectivity index (χ0v) is 20.6. The van der Waals surface area contributed by atoms with E-state index in [2.05, 4.69) is 15.0 Å². The van der Waals surface area contributed by atoms with Gasteiger partial charge in [0.15, 0.2) is 5.58 Å². The number of carbonyl (C=O) groups is 3. The molecule has 0 radical (unpaired) electrons. The number of oxazole rings is 1. The Hall–Kier alpha value is -2.92. The van der Waals surface area contributed by atoms with E-state index in [1.54, 1.807) is 36.4 Å². The topological polar surface area (TPSA) is 114 Å². The van der Waals surface area contributed by atoms with E-state index < -0.39 is 17.7 Å². The summed E-state index contributed by atoms with van der Waals surface area (Å²) in [5.41, 5.74) is 2.00. The number of amides is 2. The number of para-hydroxylation sites is 2. The van der Waals surface area contributed by atoms with Gasteiger partial charge in [-0.3, -0.25) is 19.1 Å². The van der Waals surface area contributed by atoms with Crippen LogP contribution >= 0.6 is 23.5 Å². The second-order valence-corrected chi connectivity index (χ2v) is 9.14. The summed E-state index contributed by atoms with van der Waals surface area (Å²) in [6.45, 7) is 0.400. The van der Waals surface area contributed by atoms with Crippen molar-refractivity contribution in [2.24, 2.45) is 0 Å². The van der Waals surface area contributed by atoms with Crippen molar-refractivity contribution in [2.45, 2.75) is 25.2 Å². The van der Waals surface area contributed by atoms with Gasteiger partial charge >= 0.3 is 0 Å². The zero-order chi connectivity index (χ0) is 24.8. The van der Waals surface area contributed by atoms with Crippen molar-refractivity contribution in [2.75, 3.05) is 25.9 Å². The Morgan fingerprint density at radius 2 is 1.94 bits per heavy atom. The molecule has 2 amide bonds. The van der Waals surface area contributed by atoms with Gasteiger partial charge in [-0.05, 0) is 36.1 Å².